The second-order valence-corrected chi connectivity index (χ2v) is 7.02. The van der Waals surface area contributed by atoms with Gasteiger partial charge in [0.25, 0.3) is 5.91 Å². The van der Waals surface area contributed by atoms with Crippen LogP contribution in [0.2, 0.25) is 0 Å². The third-order valence-electron chi connectivity index (χ3n) is 4.75. The maximum Gasteiger partial charge on any atom is 0.253 e. The van der Waals surface area contributed by atoms with Crippen molar-refractivity contribution in [1.82, 2.24) is 20.4 Å². The van der Waals surface area contributed by atoms with Crippen LogP contribution in [-0.4, -0.2) is 68.5 Å². The highest BCUT2D eigenvalue weighted by molar-refractivity contribution is 14.0. The van der Waals surface area contributed by atoms with Gasteiger partial charge in [-0.1, -0.05) is 19.1 Å². The van der Waals surface area contributed by atoms with E-state index in [0.29, 0.717) is 18.0 Å². The van der Waals surface area contributed by atoms with Crippen LogP contribution in [0.25, 0.3) is 0 Å². The molecule has 2 rings (SSSR count). The fourth-order valence-electron chi connectivity index (χ4n) is 3.13. The van der Waals surface area contributed by atoms with Crippen molar-refractivity contribution in [2.75, 3.05) is 46.8 Å². The first-order chi connectivity index (χ1) is 12.5. The molecule has 6 nitrogen and oxygen atoms in total. The van der Waals surface area contributed by atoms with Gasteiger partial charge in [-0.05, 0) is 50.0 Å². The van der Waals surface area contributed by atoms with Gasteiger partial charge in [0.05, 0.1) is 6.54 Å². The standard InChI is InChI=1S/C20H33N5O.HI/c1-5-21-20(23-14-17-11-12-25(6-2)15-17)22-13-16-7-9-18(10-8-16)19(26)24(3)4;/h7-10,17H,5-6,11-15H2,1-4H3,(H2,21,22,23);1H. The molecule has 2 N–H and O–H groups in total. The zero-order chi connectivity index (χ0) is 18.9. The van der Waals surface area contributed by atoms with Crippen LogP contribution >= 0.6 is 24.0 Å². The van der Waals surface area contributed by atoms with Crippen LogP contribution < -0.4 is 10.6 Å². The first kappa shape index (κ1) is 23.7. The molecule has 1 aromatic carbocycles. The van der Waals surface area contributed by atoms with Gasteiger partial charge in [0.15, 0.2) is 5.96 Å². The summed E-state index contributed by atoms with van der Waals surface area (Å²) in [5, 5.41) is 6.78. The number of rotatable bonds is 7. The minimum atomic E-state index is 0. The van der Waals surface area contributed by atoms with Crippen LogP contribution in [0.3, 0.4) is 0 Å². The Morgan fingerprint density at radius 2 is 1.93 bits per heavy atom. The molecular weight excluding hydrogens is 453 g/mol. The van der Waals surface area contributed by atoms with E-state index >= 15 is 0 Å². The van der Waals surface area contributed by atoms with Gasteiger partial charge in [0, 0.05) is 39.3 Å². The Labute approximate surface area is 180 Å². The van der Waals surface area contributed by atoms with E-state index in [2.05, 4.69) is 34.4 Å². The van der Waals surface area contributed by atoms with Crippen molar-refractivity contribution >= 4 is 35.8 Å². The Kier molecular flexibility index (Phi) is 10.7. The monoisotopic (exact) mass is 487 g/mol. The Morgan fingerprint density at radius 1 is 1.22 bits per heavy atom. The number of guanidine groups is 1. The number of carbonyl (C=O) groups excluding carboxylic acids is 1. The number of nitrogens with one attached hydrogen (secondary N) is 2. The van der Waals surface area contributed by atoms with Crippen molar-refractivity contribution in [3.63, 3.8) is 0 Å². The van der Waals surface area contributed by atoms with Gasteiger partial charge in [-0.25, -0.2) is 4.99 Å². The van der Waals surface area contributed by atoms with E-state index in [-0.39, 0.29) is 29.9 Å². The molecular formula is C20H34IN5O. The summed E-state index contributed by atoms with van der Waals surface area (Å²) in [7, 11) is 3.53. The van der Waals surface area contributed by atoms with E-state index in [4.69, 9.17) is 0 Å². The van der Waals surface area contributed by atoms with Crippen molar-refractivity contribution in [2.45, 2.75) is 26.8 Å². The summed E-state index contributed by atoms with van der Waals surface area (Å²) in [5.41, 5.74) is 1.80. The smallest absolute Gasteiger partial charge is 0.253 e. The van der Waals surface area contributed by atoms with Crippen LogP contribution in [0.4, 0.5) is 0 Å². The van der Waals surface area contributed by atoms with Gasteiger partial charge in [0.2, 0.25) is 0 Å². The third-order valence-corrected chi connectivity index (χ3v) is 4.75. The van der Waals surface area contributed by atoms with Crippen molar-refractivity contribution in [1.29, 1.82) is 0 Å². The molecule has 0 radical (unpaired) electrons. The molecule has 1 unspecified atom stereocenters. The molecule has 1 aliphatic rings. The lowest BCUT2D eigenvalue weighted by molar-refractivity contribution is 0.0827. The van der Waals surface area contributed by atoms with Crippen LogP contribution in [0.15, 0.2) is 29.3 Å². The number of halogens is 1. The van der Waals surface area contributed by atoms with E-state index in [1.54, 1.807) is 19.0 Å². The second kappa shape index (κ2) is 12.2. The van der Waals surface area contributed by atoms with Crippen LogP contribution in [0.5, 0.6) is 0 Å². The molecule has 0 aliphatic carbocycles. The SMILES string of the molecule is CCNC(=NCc1ccc(C(=O)N(C)C)cc1)NCC1CCN(CC)C1.I. The number of likely N-dealkylation sites (tertiary alicyclic amines) is 1. The predicted molar refractivity (Wildman–Crippen MR) is 123 cm³/mol. The summed E-state index contributed by atoms with van der Waals surface area (Å²) in [6.07, 6.45) is 1.25. The van der Waals surface area contributed by atoms with Gasteiger partial charge in [0.1, 0.15) is 0 Å². The predicted octanol–water partition coefficient (Wildman–Crippen LogP) is 2.40. The highest BCUT2D eigenvalue weighted by Crippen LogP contribution is 2.14. The van der Waals surface area contributed by atoms with Crippen molar-refractivity contribution in [2.24, 2.45) is 10.9 Å². The summed E-state index contributed by atoms with van der Waals surface area (Å²) >= 11 is 0. The number of carbonyl (C=O) groups is 1. The number of benzene rings is 1. The van der Waals surface area contributed by atoms with E-state index < -0.39 is 0 Å². The van der Waals surface area contributed by atoms with E-state index in [0.717, 1.165) is 31.2 Å². The first-order valence-corrected chi connectivity index (χ1v) is 9.58. The molecule has 0 aromatic heterocycles. The molecule has 0 bridgehead atoms. The number of hydrogen-bond acceptors (Lipinski definition) is 3. The van der Waals surface area contributed by atoms with Crippen molar-refractivity contribution in [3.05, 3.63) is 35.4 Å². The third kappa shape index (κ3) is 7.65. The second-order valence-electron chi connectivity index (χ2n) is 7.02. The molecule has 0 spiro atoms. The minimum Gasteiger partial charge on any atom is -0.357 e. The Bertz CT molecular complexity index is 603. The molecule has 0 saturated carbocycles. The minimum absolute atomic E-state index is 0. The van der Waals surface area contributed by atoms with Gasteiger partial charge in [-0.2, -0.15) is 0 Å². The highest BCUT2D eigenvalue weighted by atomic mass is 127. The Morgan fingerprint density at radius 3 is 2.48 bits per heavy atom. The van der Waals surface area contributed by atoms with Gasteiger partial charge in [-0.3, -0.25) is 4.79 Å². The number of nitrogens with zero attached hydrogens (tertiary/aromatic N) is 3. The maximum absolute atomic E-state index is 11.9. The fraction of sp³-hybridized carbons (Fsp3) is 0.600. The van der Waals surface area contributed by atoms with Crippen LogP contribution in [-0.2, 0) is 6.54 Å². The van der Waals surface area contributed by atoms with Gasteiger partial charge < -0.3 is 20.4 Å². The van der Waals surface area contributed by atoms with Gasteiger partial charge in [-0.15, -0.1) is 24.0 Å². The lowest BCUT2D eigenvalue weighted by Crippen LogP contribution is -2.40. The lowest BCUT2D eigenvalue weighted by atomic mass is 10.1. The first-order valence-electron chi connectivity index (χ1n) is 9.58. The topological polar surface area (TPSA) is 60.0 Å². The zero-order valence-corrected chi connectivity index (χ0v) is 19.3. The van der Waals surface area contributed by atoms with E-state index in [1.165, 1.54) is 19.5 Å². The summed E-state index contributed by atoms with van der Waals surface area (Å²) < 4.78 is 0. The maximum atomic E-state index is 11.9. The zero-order valence-electron chi connectivity index (χ0n) is 17.0. The van der Waals surface area contributed by atoms with Crippen molar-refractivity contribution < 1.29 is 4.79 Å². The fourth-order valence-corrected chi connectivity index (χ4v) is 3.13. The molecule has 1 aliphatic heterocycles. The van der Waals surface area contributed by atoms with Gasteiger partial charge >= 0.3 is 0 Å². The summed E-state index contributed by atoms with van der Waals surface area (Å²) in [6.45, 7) is 10.2. The van der Waals surface area contributed by atoms with E-state index in [9.17, 15) is 4.79 Å². The molecule has 1 atom stereocenters. The average Bonchev–Trinajstić information content (AvgIpc) is 3.12. The molecule has 1 amide bonds. The van der Waals surface area contributed by atoms with E-state index in [1.807, 2.05) is 24.3 Å². The Hall–Kier alpha value is -1.35. The van der Waals surface area contributed by atoms with Crippen LogP contribution in [0, 0.1) is 5.92 Å². The summed E-state index contributed by atoms with van der Waals surface area (Å²) in [5.74, 6) is 1.57. The molecule has 7 heteroatoms. The Balaban J connectivity index is 0.00000364. The summed E-state index contributed by atoms with van der Waals surface area (Å²) in [4.78, 5) is 20.7. The molecule has 1 heterocycles. The largest absolute Gasteiger partial charge is 0.357 e. The number of aliphatic imine (C=N–C) groups is 1. The molecule has 27 heavy (non-hydrogen) atoms. The summed E-state index contributed by atoms with van der Waals surface area (Å²) in [6, 6.07) is 7.68. The highest BCUT2D eigenvalue weighted by Gasteiger charge is 2.20. The quantitative estimate of drug-likeness (QED) is 0.353. The van der Waals surface area contributed by atoms with Crippen LogP contribution in [0.1, 0.15) is 36.2 Å². The van der Waals surface area contributed by atoms with Crippen molar-refractivity contribution in [3.8, 4) is 0 Å². The number of hydrogen-bond donors (Lipinski definition) is 2. The molecule has 1 saturated heterocycles. The molecule has 1 fully saturated rings. The number of amides is 1. The molecule has 1 aromatic rings. The average molecular weight is 487 g/mol. The normalized spacial score (nSPS) is 17.3. The molecule has 152 valence electrons. The lowest BCUT2D eigenvalue weighted by Gasteiger charge is -2.16.